The van der Waals surface area contributed by atoms with Crippen molar-refractivity contribution in [1.29, 1.82) is 0 Å². The number of carbonyl (C=O) groups excluding carboxylic acids is 2. The van der Waals surface area contributed by atoms with Crippen LogP contribution in [0.15, 0.2) is 30.3 Å². The first-order valence-corrected chi connectivity index (χ1v) is 11.8. The molecule has 1 aromatic carbocycles. The van der Waals surface area contributed by atoms with Gasteiger partial charge in [-0.2, -0.15) is 0 Å². The van der Waals surface area contributed by atoms with Crippen molar-refractivity contribution in [2.75, 3.05) is 33.3 Å². The third-order valence-electron chi connectivity index (χ3n) is 6.96. The molecule has 2 saturated heterocycles. The van der Waals surface area contributed by atoms with Crippen molar-refractivity contribution in [3.05, 3.63) is 35.9 Å². The lowest BCUT2D eigenvalue weighted by molar-refractivity contribution is -0.150. The van der Waals surface area contributed by atoms with E-state index in [-0.39, 0.29) is 17.6 Å². The molecule has 7 nitrogen and oxygen atoms in total. The predicted molar refractivity (Wildman–Crippen MR) is 122 cm³/mol. The topological polar surface area (TPSA) is 71.1 Å². The first-order valence-electron chi connectivity index (χ1n) is 11.8. The molecule has 0 radical (unpaired) electrons. The van der Waals surface area contributed by atoms with Gasteiger partial charge in [-0.1, -0.05) is 30.3 Å². The summed E-state index contributed by atoms with van der Waals surface area (Å²) in [6, 6.07) is 11.8. The molecule has 7 heteroatoms. The molecule has 1 N–H and O–H groups in total. The SMILES string of the molecule is COC(=O)CC1(N2CCC(N[C@@H]3CC3c3ccccc3)CC2)CN(C(=O)OC(C)(C)C)C1. The number of hydrogen-bond acceptors (Lipinski definition) is 6. The van der Waals surface area contributed by atoms with Gasteiger partial charge in [0.25, 0.3) is 0 Å². The molecule has 3 fully saturated rings. The lowest BCUT2D eigenvalue weighted by atomic mass is 9.82. The van der Waals surface area contributed by atoms with Crippen LogP contribution in [0.5, 0.6) is 0 Å². The average Bonchev–Trinajstić information content (AvgIpc) is 3.49. The third kappa shape index (κ3) is 5.26. The van der Waals surface area contributed by atoms with E-state index in [0.29, 0.717) is 37.5 Å². The second-order valence-electron chi connectivity index (χ2n) is 10.6. The van der Waals surface area contributed by atoms with Gasteiger partial charge in [0.05, 0.1) is 19.1 Å². The van der Waals surface area contributed by atoms with Gasteiger partial charge in [0.1, 0.15) is 5.60 Å². The van der Waals surface area contributed by atoms with Crippen LogP contribution in [0, 0.1) is 0 Å². The maximum Gasteiger partial charge on any atom is 0.410 e. The smallest absolute Gasteiger partial charge is 0.410 e. The highest BCUT2D eigenvalue weighted by molar-refractivity contribution is 5.74. The molecular formula is C25H37N3O4. The van der Waals surface area contributed by atoms with Gasteiger partial charge in [-0.3, -0.25) is 9.69 Å². The molecular weight excluding hydrogens is 406 g/mol. The van der Waals surface area contributed by atoms with E-state index in [2.05, 4.69) is 40.5 Å². The molecule has 3 aliphatic rings. The Kier molecular flexibility index (Phi) is 6.50. The Morgan fingerprint density at radius 2 is 1.78 bits per heavy atom. The quantitative estimate of drug-likeness (QED) is 0.681. The Hall–Kier alpha value is -2.12. The molecule has 1 aromatic rings. The van der Waals surface area contributed by atoms with Crippen LogP contribution in [-0.4, -0.2) is 78.4 Å². The molecule has 2 heterocycles. The fraction of sp³-hybridized carbons (Fsp3) is 0.680. The number of esters is 1. The minimum atomic E-state index is -0.526. The van der Waals surface area contributed by atoms with Crippen LogP contribution in [0.2, 0.25) is 0 Å². The number of hydrogen-bond donors (Lipinski definition) is 1. The summed E-state index contributed by atoms with van der Waals surface area (Å²) < 4.78 is 10.5. The highest BCUT2D eigenvalue weighted by atomic mass is 16.6. The highest BCUT2D eigenvalue weighted by Crippen LogP contribution is 2.42. The zero-order valence-corrected chi connectivity index (χ0v) is 19.8. The highest BCUT2D eigenvalue weighted by Gasteiger charge is 2.52. The number of nitrogens with one attached hydrogen (secondary N) is 1. The molecule has 0 spiro atoms. The van der Waals surface area contributed by atoms with Gasteiger partial charge in [0.2, 0.25) is 0 Å². The molecule has 1 amide bonds. The minimum absolute atomic E-state index is 0.224. The van der Waals surface area contributed by atoms with E-state index < -0.39 is 5.60 Å². The first-order chi connectivity index (χ1) is 15.2. The van der Waals surface area contributed by atoms with E-state index in [1.165, 1.54) is 19.1 Å². The van der Waals surface area contributed by atoms with Crippen molar-refractivity contribution in [3.8, 4) is 0 Å². The second-order valence-corrected chi connectivity index (χ2v) is 10.6. The normalized spacial score (nSPS) is 25.7. The average molecular weight is 444 g/mol. The zero-order valence-electron chi connectivity index (χ0n) is 19.8. The summed E-state index contributed by atoms with van der Waals surface area (Å²) in [6.07, 6.45) is 3.30. The van der Waals surface area contributed by atoms with Crippen molar-refractivity contribution in [3.63, 3.8) is 0 Å². The fourth-order valence-electron chi connectivity index (χ4n) is 5.16. The van der Waals surface area contributed by atoms with Gasteiger partial charge in [0.15, 0.2) is 0 Å². The van der Waals surface area contributed by atoms with E-state index in [4.69, 9.17) is 9.47 Å². The van der Waals surface area contributed by atoms with E-state index in [1.54, 1.807) is 4.90 Å². The van der Waals surface area contributed by atoms with Gasteiger partial charge in [-0.05, 0) is 45.6 Å². The third-order valence-corrected chi connectivity index (χ3v) is 6.96. The summed E-state index contributed by atoms with van der Waals surface area (Å²) in [5.41, 5.74) is 0.555. The van der Waals surface area contributed by atoms with Crippen molar-refractivity contribution < 1.29 is 19.1 Å². The maximum absolute atomic E-state index is 12.5. The fourth-order valence-corrected chi connectivity index (χ4v) is 5.16. The predicted octanol–water partition coefficient (Wildman–Crippen LogP) is 3.15. The van der Waals surface area contributed by atoms with Gasteiger partial charge >= 0.3 is 12.1 Å². The Morgan fingerprint density at radius 1 is 1.12 bits per heavy atom. The summed E-state index contributed by atoms with van der Waals surface area (Å²) in [5.74, 6) is 0.409. The largest absolute Gasteiger partial charge is 0.469 e. The standard InChI is InChI=1S/C25H37N3O4/c1-24(2,3)32-23(30)27-16-25(17-27,15-22(29)31-4)28-12-10-19(11-13-28)26-21-14-20(21)18-8-6-5-7-9-18/h5-9,19-21,26H,10-17H2,1-4H3/t20?,21-/m1/s1. The molecule has 1 unspecified atom stereocenters. The van der Waals surface area contributed by atoms with Crippen LogP contribution in [0.4, 0.5) is 4.79 Å². The molecule has 176 valence electrons. The molecule has 1 aliphatic carbocycles. The lowest BCUT2D eigenvalue weighted by Crippen LogP contribution is -2.73. The van der Waals surface area contributed by atoms with Gasteiger partial charge in [0, 0.05) is 44.2 Å². The summed E-state index contributed by atoms with van der Waals surface area (Å²) in [6.45, 7) is 8.45. The second kappa shape index (κ2) is 9.02. The van der Waals surface area contributed by atoms with Crippen molar-refractivity contribution in [1.82, 2.24) is 15.1 Å². The molecule has 0 aromatic heterocycles. The number of rotatable bonds is 6. The maximum atomic E-state index is 12.5. The number of piperidine rings is 1. The number of benzene rings is 1. The zero-order chi connectivity index (χ0) is 22.9. The molecule has 2 atom stereocenters. The van der Waals surface area contributed by atoms with Crippen molar-refractivity contribution >= 4 is 12.1 Å². The Morgan fingerprint density at radius 3 is 2.38 bits per heavy atom. The Labute approximate surface area is 191 Å². The molecule has 32 heavy (non-hydrogen) atoms. The summed E-state index contributed by atoms with van der Waals surface area (Å²) >= 11 is 0. The van der Waals surface area contributed by atoms with Crippen molar-refractivity contribution in [2.24, 2.45) is 0 Å². The van der Waals surface area contributed by atoms with Crippen LogP contribution in [0.25, 0.3) is 0 Å². The molecule has 4 rings (SSSR count). The number of carbonyl (C=O) groups is 2. The van der Waals surface area contributed by atoms with E-state index in [1.807, 2.05) is 20.8 Å². The summed E-state index contributed by atoms with van der Waals surface area (Å²) in [5, 5.41) is 3.85. The molecule has 0 bridgehead atoms. The van der Waals surface area contributed by atoms with Gasteiger partial charge in [-0.15, -0.1) is 0 Å². The number of ether oxygens (including phenoxy) is 2. The number of methoxy groups -OCH3 is 1. The Balaban J connectivity index is 1.30. The summed E-state index contributed by atoms with van der Waals surface area (Å²) in [4.78, 5) is 28.7. The van der Waals surface area contributed by atoms with Gasteiger partial charge in [-0.25, -0.2) is 4.79 Å². The number of nitrogens with zero attached hydrogens (tertiary/aromatic N) is 2. The van der Waals surface area contributed by atoms with E-state index in [0.717, 1.165) is 25.9 Å². The number of amides is 1. The Bertz CT molecular complexity index is 808. The minimum Gasteiger partial charge on any atom is -0.469 e. The van der Waals surface area contributed by atoms with Crippen LogP contribution in [0.3, 0.4) is 0 Å². The molecule has 1 saturated carbocycles. The number of likely N-dealkylation sites (tertiary alicyclic amines) is 2. The van der Waals surface area contributed by atoms with E-state index in [9.17, 15) is 9.59 Å². The first kappa shape index (κ1) is 23.1. The van der Waals surface area contributed by atoms with Crippen LogP contribution in [0.1, 0.15) is 57.9 Å². The summed E-state index contributed by atoms with van der Waals surface area (Å²) in [7, 11) is 1.43. The monoisotopic (exact) mass is 443 g/mol. The van der Waals surface area contributed by atoms with E-state index >= 15 is 0 Å². The lowest BCUT2D eigenvalue weighted by Gasteiger charge is -2.56. The van der Waals surface area contributed by atoms with Crippen LogP contribution >= 0.6 is 0 Å². The van der Waals surface area contributed by atoms with Gasteiger partial charge < -0.3 is 19.7 Å². The van der Waals surface area contributed by atoms with Crippen LogP contribution in [-0.2, 0) is 14.3 Å². The van der Waals surface area contributed by atoms with Crippen molar-refractivity contribution in [2.45, 2.75) is 75.6 Å². The molecule has 2 aliphatic heterocycles. The van der Waals surface area contributed by atoms with Crippen LogP contribution < -0.4 is 5.32 Å².